The van der Waals surface area contributed by atoms with Gasteiger partial charge >= 0.3 is 0 Å². The number of fused-ring (bicyclic) bond motifs is 16. The highest BCUT2D eigenvalue weighted by Gasteiger charge is 2.59. The zero-order chi connectivity index (χ0) is 57.8. The Bertz CT molecular complexity index is 3910. The second kappa shape index (κ2) is 16.2. The van der Waals surface area contributed by atoms with E-state index in [1.807, 2.05) is 0 Å². The van der Waals surface area contributed by atoms with Gasteiger partial charge in [0, 0.05) is 50.6 Å². The minimum absolute atomic E-state index is 0.000555. The molecule has 5 heteroatoms. The van der Waals surface area contributed by atoms with Gasteiger partial charge in [-0.25, -0.2) is 0 Å². The van der Waals surface area contributed by atoms with Gasteiger partial charge in [-0.15, -0.1) is 0 Å². The van der Waals surface area contributed by atoms with E-state index in [0.717, 1.165) is 36.9 Å². The third-order valence-corrected chi connectivity index (χ3v) is 24.3. The molecule has 8 aliphatic rings. The SMILES string of the molecule is CC(C)(C)c1cc(N2c3cc4c(cc3B3c5oc6cc7c(cc6c5N(c5ccc6c(c5)C(C)(C)CCC6(C)C)c5cc(N6c8ccccc8C8(C)CCCCC68C)cc2c53)C2(C)CCC7(C)C2)C(C)(C)CCC4(C)C)cc(C(C)(C)C)c1. The van der Waals surface area contributed by atoms with Crippen molar-refractivity contribution in [2.45, 2.75) is 250 Å². The fourth-order valence-electron chi connectivity index (χ4n) is 18.7. The number of anilines is 8. The van der Waals surface area contributed by atoms with Crippen LogP contribution >= 0.6 is 0 Å². The minimum Gasteiger partial charge on any atom is -0.468 e. The maximum Gasteiger partial charge on any atom is 0.297 e. The van der Waals surface area contributed by atoms with Crippen molar-refractivity contribution in [3.63, 3.8) is 0 Å². The second-order valence-corrected chi connectivity index (χ2v) is 33.7. The van der Waals surface area contributed by atoms with Crippen LogP contribution in [0.5, 0.6) is 0 Å². The average Bonchev–Trinajstić information content (AvgIpc) is 4.29. The summed E-state index contributed by atoms with van der Waals surface area (Å²) in [5.41, 5.74) is 28.4. The number of furan rings is 1. The maximum atomic E-state index is 7.96. The summed E-state index contributed by atoms with van der Waals surface area (Å²) in [7, 11) is 0. The normalized spacial score (nSPS) is 27.3. The van der Waals surface area contributed by atoms with E-state index in [4.69, 9.17) is 4.42 Å². The van der Waals surface area contributed by atoms with Gasteiger partial charge in [0.1, 0.15) is 5.58 Å². The minimum atomic E-state index is -0.157. The first-order valence-electron chi connectivity index (χ1n) is 32.1. The Morgan fingerprint density at radius 1 is 0.439 bits per heavy atom. The number of hydrogen-bond acceptors (Lipinski definition) is 4. The summed E-state index contributed by atoms with van der Waals surface area (Å²) in [6, 6.07) is 40.8. The smallest absolute Gasteiger partial charge is 0.297 e. The van der Waals surface area contributed by atoms with Crippen molar-refractivity contribution in [2.24, 2.45) is 0 Å². The molecule has 0 spiro atoms. The molecule has 0 amide bonds. The van der Waals surface area contributed by atoms with Crippen molar-refractivity contribution in [3.8, 4) is 0 Å². The van der Waals surface area contributed by atoms with Gasteiger partial charge in [-0.3, -0.25) is 0 Å². The van der Waals surface area contributed by atoms with Gasteiger partial charge in [0.2, 0.25) is 0 Å². The van der Waals surface area contributed by atoms with E-state index in [-0.39, 0.29) is 61.0 Å². The third-order valence-electron chi connectivity index (χ3n) is 24.3. The van der Waals surface area contributed by atoms with E-state index >= 15 is 0 Å². The Hall–Kier alpha value is -5.68. The summed E-state index contributed by atoms with van der Waals surface area (Å²) in [5.74, 6) is 0. The van der Waals surface area contributed by atoms with Crippen molar-refractivity contribution < 1.29 is 4.42 Å². The first-order chi connectivity index (χ1) is 38.3. The Balaban J connectivity index is 1.13. The maximum absolute atomic E-state index is 7.96. The molecule has 0 N–H and O–H groups in total. The number of para-hydroxylation sites is 1. The molecule has 0 saturated heterocycles. The summed E-state index contributed by atoms with van der Waals surface area (Å²) in [4.78, 5) is 8.39. The van der Waals surface area contributed by atoms with Crippen LogP contribution in [-0.2, 0) is 48.7 Å². The molecule has 4 heterocycles. The zero-order valence-electron chi connectivity index (χ0n) is 53.3. The lowest BCUT2D eigenvalue weighted by atomic mass is 9.35. The van der Waals surface area contributed by atoms with Crippen LogP contribution in [0.25, 0.3) is 11.0 Å². The van der Waals surface area contributed by atoms with Crippen molar-refractivity contribution in [1.29, 1.82) is 0 Å². The molecular formula is C77H92BN3O. The van der Waals surface area contributed by atoms with Crippen molar-refractivity contribution >= 4 is 79.8 Å². The van der Waals surface area contributed by atoms with E-state index in [0.29, 0.717) is 0 Å². The van der Waals surface area contributed by atoms with Gasteiger partial charge < -0.3 is 19.1 Å². The lowest BCUT2D eigenvalue weighted by Gasteiger charge is -2.51. The van der Waals surface area contributed by atoms with Gasteiger partial charge in [0.05, 0.1) is 16.9 Å². The van der Waals surface area contributed by atoms with Crippen LogP contribution in [0.15, 0.2) is 101 Å². The van der Waals surface area contributed by atoms with Crippen LogP contribution < -0.4 is 31.3 Å². The fraction of sp³-hybridized carbons (Fsp3) is 0.506. The fourth-order valence-corrected chi connectivity index (χ4v) is 18.7. The summed E-state index contributed by atoms with van der Waals surface area (Å²) in [6.45, 7) is 44.6. The van der Waals surface area contributed by atoms with Crippen LogP contribution in [0.2, 0.25) is 0 Å². The molecule has 2 fully saturated rings. The summed E-state index contributed by atoms with van der Waals surface area (Å²) in [5, 5.41) is 1.26. The molecule has 1 aromatic heterocycles. The van der Waals surface area contributed by atoms with Gasteiger partial charge in [0.25, 0.3) is 6.71 Å². The van der Waals surface area contributed by atoms with E-state index in [1.54, 1.807) is 5.56 Å². The number of hydrogen-bond donors (Lipinski definition) is 0. The van der Waals surface area contributed by atoms with Crippen molar-refractivity contribution in [2.75, 3.05) is 14.7 Å². The molecule has 5 aliphatic carbocycles. The first-order valence-corrected chi connectivity index (χ1v) is 32.1. The van der Waals surface area contributed by atoms with Gasteiger partial charge in [-0.1, -0.05) is 167 Å². The van der Waals surface area contributed by atoms with Crippen LogP contribution in [0.3, 0.4) is 0 Å². The van der Waals surface area contributed by atoms with Crippen molar-refractivity contribution in [3.05, 3.63) is 147 Å². The number of benzene rings is 6. The van der Waals surface area contributed by atoms with Crippen LogP contribution in [-0.4, -0.2) is 12.3 Å². The predicted molar refractivity (Wildman–Crippen MR) is 350 cm³/mol. The summed E-state index contributed by atoms with van der Waals surface area (Å²) < 4.78 is 7.96. The lowest BCUT2D eigenvalue weighted by molar-refractivity contribution is 0.195. The highest BCUT2D eigenvalue weighted by Crippen LogP contribution is 2.64. The van der Waals surface area contributed by atoms with E-state index in [2.05, 4.69) is 236 Å². The van der Waals surface area contributed by atoms with E-state index in [1.165, 1.54) is 151 Å². The third kappa shape index (κ3) is 6.98. The second-order valence-electron chi connectivity index (χ2n) is 33.7. The molecule has 2 bridgehead atoms. The molecule has 15 rings (SSSR count). The van der Waals surface area contributed by atoms with Crippen LogP contribution in [0, 0.1) is 0 Å². The van der Waals surface area contributed by atoms with E-state index in [9.17, 15) is 0 Å². The molecule has 2 saturated carbocycles. The Kier molecular flexibility index (Phi) is 10.5. The number of nitrogens with zero attached hydrogens (tertiary/aromatic N) is 3. The van der Waals surface area contributed by atoms with Gasteiger partial charge in [-0.05, 0) is 230 Å². The quantitative estimate of drug-likeness (QED) is 0.165. The monoisotopic (exact) mass is 1090 g/mol. The molecule has 424 valence electrons. The molecular weight excluding hydrogens is 994 g/mol. The zero-order valence-corrected chi connectivity index (χ0v) is 53.3. The molecule has 4 nitrogen and oxygen atoms in total. The van der Waals surface area contributed by atoms with Gasteiger partial charge in [0.15, 0.2) is 0 Å². The number of rotatable bonds is 3. The molecule has 4 unspecified atom stereocenters. The Labute approximate surface area is 492 Å². The van der Waals surface area contributed by atoms with E-state index < -0.39 is 0 Å². The molecule has 7 aromatic rings. The molecule has 3 aliphatic heterocycles. The molecule has 82 heavy (non-hydrogen) atoms. The standard InChI is InChI=1S/C77H92BN3O/c1-68(2,3)46-35-47(69(4,5)6)37-49(36-46)79-61-43-56-55(72(11,12)31-32-73(56,13)14)42-59(61)78-65-62(79)39-50(81-60-24-20-19-23-53(60)76(17)27-21-22-28-77(76,81)18)40-63(65)80(48-25-26-52-54(38-48)71(9,10)30-29-70(52,7)8)66-51-41-57-58(44-64(51)82-67(66)78)75(16)34-33-74(57,15)45-75/h19-20,23-26,35-44H,21-22,27-34,45H2,1-18H3. The van der Waals surface area contributed by atoms with Gasteiger partial charge in [-0.2, -0.15) is 0 Å². The lowest BCUT2D eigenvalue weighted by Crippen LogP contribution is -2.61. The average molecular weight is 1090 g/mol. The molecule has 0 radical (unpaired) electrons. The highest BCUT2D eigenvalue weighted by atomic mass is 16.3. The summed E-state index contributed by atoms with van der Waals surface area (Å²) >= 11 is 0. The van der Waals surface area contributed by atoms with Crippen LogP contribution in [0.1, 0.15) is 245 Å². The highest BCUT2D eigenvalue weighted by molar-refractivity contribution is 7.00. The predicted octanol–water partition coefficient (Wildman–Crippen LogP) is 19.3. The topological polar surface area (TPSA) is 22.9 Å². The summed E-state index contributed by atoms with van der Waals surface area (Å²) in [6.07, 6.45) is 13.1. The molecule has 4 atom stereocenters. The largest absolute Gasteiger partial charge is 0.468 e. The Morgan fingerprint density at radius 3 is 1.63 bits per heavy atom. The van der Waals surface area contributed by atoms with Crippen molar-refractivity contribution in [1.82, 2.24) is 0 Å². The Morgan fingerprint density at radius 2 is 1.00 bits per heavy atom. The molecule has 6 aromatic carbocycles. The van der Waals surface area contributed by atoms with Crippen LogP contribution in [0.4, 0.5) is 45.5 Å². The first kappa shape index (κ1) is 53.1.